The lowest BCUT2D eigenvalue weighted by molar-refractivity contribution is -0.274. The van der Waals surface area contributed by atoms with E-state index in [1.807, 2.05) is 38.1 Å². The Morgan fingerprint density at radius 1 is 1.06 bits per heavy atom. The number of aliphatic hydroxyl groups is 1. The van der Waals surface area contributed by atoms with E-state index in [4.69, 9.17) is 0 Å². The maximum Gasteiger partial charge on any atom is 0.573 e. The summed E-state index contributed by atoms with van der Waals surface area (Å²) in [6, 6.07) is 14.5. The number of ether oxygens (including phenoxy) is 1. The molecule has 3 rings (SSSR count). The number of hydrogen-bond acceptors (Lipinski definition) is 6. The summed E-state index contributed by atoms with van der Waals surface area (Å²) in [6.07, 6.45) is -4.79. The van der Waals surface area contributed by atoms with E-state index in [2.05, 4.69) is 47.9 Å². The van der Waals surface area contributed by atoms with Gasteiger partial charge in [-0.05, 0) is 52.8 Å². The molecule has 0 amide bonds. The van der Waals surface area contributed by atoms with E-state index in [1.165, 1.54) is 18.2 Å². The van der Waals surface area contributed by atoms with E-state index in [9.17, 15) is 18.3 Å². The summed E-state index contributed by atoms with van der Waals surface area (Å²) < 4.78 is 43.0. The van der Waals surface area contributed by atoms with Crippen molar-refractivity contribution in [3.05, 3.63) is 58.2 Å². The zero-order valence-corrected chi connectivity index (χ0v) is 19.5. The summed E-state index contributed by atoms with van der Waals surface area (Å²) in [7, 11) is 0. The van der Waals surface area contributed by atoms with Crippen LogP contribution in [0.25, 0.3) is 11.3 Å². The number of nitrogens with zero attached hydrogens (tertiary/aromatic N) is 2. The molecule has 6 nitrogen and oxygen atoms in total. The largest absolute Gasteiger partial charge is 0.573 e. The molecule has 0 aliphatic carbocycles. The normalized spacial score (nSPS) is 12.5. The molecule has 3 N–H and O–H groups in total. The lowest BCUT2D eigenvalue weighted by Gasteiger charge is -2.21. The monoisotopic (exact) mass is 558 g/mol. The molecule has 0 aliphatic heterocycles. The number of hydrogen-bond donors (Lipinski definition) is 3. The van der Waals surface area contributed by atoms with Gasteiger partial charge >= 0.3 is 6.36 Å². The van der Waals surface area contributed by atoms with Crippen molar-refractivity contribution in [1.29, 1.82) is 0 Å². The quantitative estimate of drug-likeness (QED) is 0.303. The summed E-state index contributed by atoms with van der Waals surface area (Å²) in [4.78, 5) is 8.95. The predicted octanol–water partition coefficient (Wildman–Crippen LogP) is 5.82. The molecule has 32 heavy (non-hydrogen) atoms. The van der Waals surface area contributed by atoms with Crippen LogP contribution in [0.3, 0.4) is 0 Å². The third kappa shape index (κ3) is 6.70. The lowest BCUT2D eigenvalue weighted by Crippen LogP contribution is -2.30. The van der Waals surface area contributed by atoms with Crippen molar-refractivity contribution >= 4 is 40.0 Å². The number of anilines is 3. The van der Waals surface area contributed by atoms with Gasteiger partial charge in [-0.25, -0.2) is 4.98 Å². The number of benzene rings is 2. The van der Waals surface area contributed by atoms with Gasteiger partial charge in [0.25, 0.3) is 0 Å². The third-order valence-corrected chi connectivity index (χ3v) is 5.48. The first-order valence-electron chi connectivity index (χ1n) is 9.79. The van der Waals surface area contributed by atoms with Crippen molar-refractivity contribution in [3.63, 3.8) is 0 Å². The molecule has 0 unspecified atom stereocenters. The number of alkyl halides is 3. The Morgan fingerprint density at radius 3 is 2.47 bits per heavy atom. The van der Waals surface area contributed by atoms with Crippen LogP contribution in [-0.2, 0) is 0 Å². The van der Waals surface area contributed by atoms with E-state index < -0.39 is 6.36 Å². The van der Waals surface area contributed by atoms with Crippen LogP contribution in [0.4, 0.5) is 30.6 Å². The standard InChI is InChI=1S/C22H22F3IN4O2/c1-13(2)19(12-31)29-21-28-18(14-6-5-7-15(10-14)32-22(23,24)25)11-20(30-21)27-17-9-4-3-8-16(17)26/h3-11,13,19,31H,12H2,1-2H3,(H2,27,28,29,30)/t19-/m0/s1. The van der Waals surface area contributed by atoms with Crippen LogP contribution in [0.15, 0.2) is 54.6 Å². The molecule has 0 radical (unpaired) electrons. The third-order valence-electron chi connectivity index (χ3n) is 4.54. The zero-order chi connectivity index (χ0) is 23.3. The number of para-hydroxylation sites is 1. The Hall–Kier alpha value is -2.60. The topological polar surface area (TPSA) is 79.3 Å². The van der Waals surface area contributed by atoms with Crippen LogP contribution < -0.4 is 15.4 Å². The summed E-state index contributed by atoms with van der Waals surface area (Å²) >= 11 is 2.19. The minimum Gasteiger partial charge on any atom is -0.406 e. The van der Waals surface area contributed by atoms with Gasteiger partial charge in [0.15, 0.2) is 0 Å². The van der Waals surface area contributed by atoms with Gasteiger partial charge in [0.2, 0.25) is 5.95 Å². The van der Waals surface area contributed by atoms with E-state index in [0.717, 1.165) is 9.26 Å². The zero-order valence-electron chi connectivity index (χ0n) is 17.3. The predicted molar refractivity (Wildman–Crippen MR) is 126 cm³/mol. The highest BCUT2D eigenvalue weighted by atomic mass is 127. The van der Waals surface area contributed by atoms with Gasteiger partial charge < -0.3 is 20.5 Å². The SMILES string of the molecule is CC(C)[C@H](CO)Nc1nc(Nc2ccccc2I)cc(-c2cccc(OC(F)(F)F)c2)n1. The molecule has 3 aromatic rings. The van der Waals surface area contributed by atoms with Crippen molar-refractivity contribution in [1.82, 2.24) is 9.97 Å². The molecule has 2 aromatic carbocycles. The van der Waals surface area contributed by atoms with Gasteiger partial charge in [0, 0.05) is 15.2 Å². The van der Waals surface area contributed by atoms with Gasteiger partial charge in [0.05, 0.1) is 24.0 Å². The molecule has 0 bridgehead atoms. The summed E-state index contributed by atoms with van der Waals surface area (Å²) in [6.45, 7) is 3.77. The van der Waals surface area contributed by atoms with Gasteiger partial charge in [-0.3, -0.25) is 0 Å². The highest BCUT2D eigenvalue weighted by Crippen LogP contribution is 2.30. The van der Waals surface area contributed by atoms with Crippen LogP contribution >= 0.6 is 22.6 Å². The van der Waals surface area contributed by atoms with Crippen molar-refractivity contribution in [2.75, 3.05) is 17.2 Å². The molecule has 1 heterocycles. The number of aliphatic hydroxyl groups excluding tert-OH is 1. The summed E-state index contributed by atoms with van der Waals surface area (Å²) in [5.74, 6) is 0.447. The summed E-state index contributed by atoms with van der Waals surface area (Å²) in [5, 5.41) is 16.0. The van der Waals surface area contributed by atoms with E-state index >= 15 is 0 Å². The van der Waals surface area contributed by atoms with Crippen LogP contribution in [0.2, 0.25) is 0 Å². The molecule has 1 aromatic heterocycles. The minimum absolute atomic E-state index is 0.0993. The molecule has 0 spiro atoms. The molecule has 170 valence electrons. The van der Waals surface area contributed by atoms with E-state index in [0.29, 0.717) is 17.1 Å². The smallest absolute Gasteiger partial charge is 0.406 e. The fraction of sp³-hybridized carbons (Fsp3) is 0.273. The highest BCUT2D eigenvalue weighted by Gasteiger charge is 2.31. The van der Waals surface area contributed by atoms with Crippen LogP contribution in [0.5, 0.6) is 5.75 Å². The average Bonchev–Trinajstić information content (AvgIpc) is 2.72. The van der Waals surface area contributed by atoms with Crippen LogP contribution in [0.1, 0.15) is 13.8 Å². The number of nitrogens with one attached hydrogen (secondary N) is 2. The van der Waals surface area contributed by atoms with E-state index in [-0.39, 0.29) is 30.3 Å². The first-order valence-corrected chi connectivity index (χ1v) is 10.9. The molecule has 0 saturated carbocycles. The van der Waals surface area contributed by atoms with Gasteiger partial charge in [-0.15, -0.1) is 13.2 Å². The Kier molecular flexibility index (Phi) is 7.77. The Balaban J connectivity index is 2.02. The molecular weight excluding hydrogens is 536 g/mol. The molecular formula is C22H22F3IN4O2. The van der Waals surface area contributed by atoms with Crippen molar-refractivity contribution in [2.24, 2.45) is 5.92 Å². The second-order valence-corrected chi connectivity index (χ2v) is 8.48. The van der Waals surface area contributed by atoms with Crippen molar-refractivity contribution in [2.45, 2.75) is 26.3 Å². The van der Waals surface area contributed by atoms with Gasteiger partial charge in [-0.1, -0.05) is 38.1 Å². The Morgan fingerprint density at radius 2 is 1.81 bits per heavy atom. The second-order valence-electron chi connectivity index (χ2n) is 7.32. The molecule has 0 fully saturated rings. The molecule has 10 heteroatoms. The highest BCUT2D eigenvalue weighted by molar-refractivity contribution is 14.1. The Bertz CT molecular complexity index is 1060. The maximum atomic E-state index is 12.6. The number of halogens is 4. The van der Waals surface area contributed by atoms with Crippen molar-refractivity contribution < 1.29 is 23.0 Å². The van der Waals surface area contributed by atoms with Gasteiger partial charge in [-0.2, -0.15) is 4.98 Å². The Labute approximate surface area is 197 Å². The van der Waals surface area contributed by atoms with Crippen molar-refractivity contribution in [3.8, 4) is 17.0 Å². The van der Waals surface area contributed by atoms with E-state index in [1.54, 1.807) is 12.1 Å². The second kappa shape index (κ2) is 10.3. The average molecular weight is 558 g/mol. The van der Waals surface area contributed by atoms with Gasteiger partial charge in [0.1, 0.15) is 11.6 Å². The number of aromatic nitrogens is 2. The number of rotatable bonds is 8. The van der Waals surface area contributed by atoms with Crippen LogP contribution in [-0.4, -0.2) is 34.1 Å². The molecule has 1 atom stereocenters. The molecule has 0 aliphatic rings. The maximum absolute atomic E-state index is 12.6. The first kappa shape index (κ1) is 24.1. The first-order chi connectivity index (χ1) is 15.1. The molecule has 0 saturated heterocycles. The fourth-order valence-corrected chi connectivity index (χ4v) is 3.39. The fourth-order valence-electron chi connectivity index (χ4n) is 2.87. The lowest BCUT2D eigenvalue weighted by atomic mass is 10.1. The summed E-state index contributed by atoms with van der Waals surface area (Å²) in [5.41, 5.74) is 1.64. The minimum atomic E-state index is -4.79. The van der Waals surface area contributed by atoms with Crippen LogP contribution in [0, 0.1) is 9.49 Å².